The zero-order chi connectivity index (χ0) is 13.3. The van der Waals surface area contributed by atoms with Crippen LogP contribution in [0.1, 0.15) is 20.8 Å². The minimum Gasteiger partial charge on any atom is -0.397 e. The third-order valence-electron chi connectivity index (χ3n) is 2.26. The highest BCUT2D eigenvalue weighted by Crippen LogP contribution is 2.13. The molecule has 0 bridgehead atoms. The van der Waals surface area contributed by atoms with Crippen LogP contribution in [0.5, 0.6) is 0 Å². The fourth-order valence-corrected chi connectivity index (χ4v) is 1.38. The van der Waals surface area contributed by atoms with E-state index < -0.39 is 11.8 Å². The maximum atomic E-state index is 11.1. The Labute approximate surface area is 101 Å². The van der Waals surface area contributed by atoms with Crippen molar-refractivity contribution in [1.29, 1.82) is 0 Å². The maximum absolute atomic E-state index is 11.1. The number of rotatable bonds is 3. The molecular weight excluding hydrogens is 236 g/mol. The quantitative estimate of drug-likeness (QED) is 0.639. The van der Waals surface area contributed by atoms with Crippen molar-refractivity contribution in [1.82, 2.24) is 14.8 Å². The van der Waals surface area contributed by atoms with E-state index in [9.17, 15) is 9.59 Å². The summed E-state index contributed by atoms with van der Waals surface area (Å²) in [6.45, 7) is 0. The number of carbonyl (C=O) groups excluding carboxylic acids is 2. The number of amides is 2. The van der Waals surface area contributed by atoms with E-state index in [2.05, 4.69) is 10.1 Å². The van der Waals surface area contributed by atoms with Gasteiger partial charge in [0.05, 0.1) is 17.4 Å². The van der Waals surface area contributed by atoms with Crippen molar-refractivity contribution in [2.45, 2.75) is 0 Å². The Morgan fingerprint density at radius 1 is 1.22 bits per heavy atom. The van der Waals surface area contributed by atoms with Crippen LogP contribution < -0.4 is 17.2 Å². The van der Waals surface area contributed by atoms with Crippen LogP contribution in [0.25, 0.3) is 5.82 Å². The van der Waals surface area contributed by atoms with Crippen LogP contribution in [0.4, 0.5) is 5.69 Å². The third-order valence-corrected chi connectivity index (χ3v) is 2.26. The van der Waals surface area contributed by atoms with Crippen LogP contribution >= 0.6 is 0 Å². The SMILES string of the molecule is NC(=O)c1ccn(-c2cc(C(N)=O)c(N)cn2)n1. The van der Waals surface area contributed by atoms with Crippen molar-refractivity contribution in [2.75, 3.05) is 5.73 Å². The molecule has 0 spiro atoms. The second-order valence-electron chi connectivity index (χ2n) is 3.50. The zero-order valence-electron chi connectivity index (χ0n) is 9.20. The average Bonchev–Trinajstić information content (AvgIpc) is 2.78. The number of aromatic nitrogens is 3. The molecule has 2 amide bonds. The van der Waals surface area contributed by atoms with Crippen LogP contribution in [0.2, 0.25) is 0 Å². The molecule has 0 aliphatic rings. The van der Waals surface area contributed by atoms with Crippen LogP contribution in [0.3, 0.4) is 0 Å². The first-order valence-corrected chi connectivity index (χ1v) is 4.90. The molecule has 0 aliphatic carbocycles. The number of pyridine rings is 1. The van der Waals surface area contributed by atoms with E-state index in [-0.39, 0.29) is 16.9 Å². The van der Waals surface area contributed by atoms with E-state index in [1.54, 1.807) is 0 Å². The molecule has 2 heterocycles. The number of nitrogens with zero attached hydrogens (tertiary/aromatic N) is 3. The highest BCUT2D eigenvalue weighted by Gasteiger charge is 2.11. The van der Waals surface area contributed by atoms with Gasteiger partial charge >= 0.3 is 0 Å². The maximum Gasteiger partial charge on any atom is 0.269 e. The number of nitrogen functional groups attached to an aromatic ring is 1. The minimum atomic E-state index is -0.668. The largest absolute Gasteiger partial charge is 0.397 e. The van der Waals surface area contributed by atoms with Gasteiger partial charge in [-0.05, 0) is 12.1 Å². The Morgan fingerprint density at radius 2 is 1.94 bits per heavy atom. The molecule has 0 radical (unpaired) electrons. The summed E-state index contributed by atoms with van der Waals surface area (Å²) >= 11 is 0. The number of nitrogens with two attached hydrogens (primary N) is 3. The second-order valence-corrected chi connectivity index (χ2v) is 3.50. The van der Waals surface area contributed by atoms with E-state index >= 15 is 0 Å². The normalized spacial score (nSPS) is 10.2. The van der Waals surface area contributed by atoms with Gasteiger partial charge in [-0.3, -0.25) is 9.59 Å². The third kappa shape index (κ3) is 1.98. The Kier molecular flexibility index (Phi) is 2.68. The van der Waals surface area contributed by atoms with Gasteiger partial charge < -0.3 is 17.2 Å². The predicted octanol–water partition coefficient (Wildman–Crippen LogP) is -0.953. The van der Waals surface area contributed by atoms with E-state index in [1.807, 2.05) is 0 Å². The monoisotopic (exact) mass is 246 g/mol. The molecule has 2 rings (SSSR count). The molecule has 8 nitrogen and oxygen atoms in total. The fourth-order valence-electron chi connectivity index (χ4n) is 1.38. The van der Waals surface area contributed by atoms with Crippen molar-refractivity contribution < 1.29 is 9.59 Å². The summed E-state index contributed by atoms with van der Waals surface area (Å²) in [5, 5.41) is 3.90. The number of hydrogen-bond donors (Lipinski definition) is 3. The molecule has 0 atom stereocenters. The molecule has 2 aromatic rings. The molecule has 0 aromatic carbocycles. The molecule has 0 saturated heterocycles. The molecule has 8 heteroatoms. The number of primary amides is 2. The number of carbonyl (C=O) groups is 2. The van der Waals surface area contributed by atoms with E-state index in [0.717, 1.165) is 0 Å². The van der Waals surface area contributed by atoms with Crippen LogP contribution in [-0.2, 0) is 0 Å². The minimum absolute atomic E-state index is 0.0919. The smallest absolute Gasteiger partial charge is 0.269 e. The van der Waals surface area contributed by atoms with Gasteiger partial charge in [0.2, 0.25) is 0 Å². The Morgan fingerprint density at radius 3 is 2.50 bits per heavy atom. The van der Waals surface area contributed by atoms with Crippen molar-refractivity contribution >= 4 is 17.5 Å². The lowest BCUT2D eigenvalue weighted by Gasteiger charge is -2.04. The van der Waals surface area contributed by atoms with Gasteiger partial charge in [-0.1, -0.05) is 0 Å². The standard InChI is InChI=1S/C10H10N6O2/c11-6-4-14-8(3-5(6)9(12)17)16-2-1-7(15-16)10(13)18/h1-4H,11H2,(H2,12,17)(H2,13,18). The average molecular weight is 246 g/mol. The van der Waals surface area contributed by atoms with E-state index in [1.165, 1.54) is 29.2 Å². The lowest BCUT2D eigenvalue weighted by Crippen LogP contribution is -2.15. The topological polar surface area (TPSA) is 143 Å². The van der Waals surface area contributed by atoms with Gasteiger partial charge in [0.1, 0.15) is 5.69 Å². The summed E-state index contributed by atoms with van der Waals surface area (Å²) in [5.41, 5.74) is 16.2. The second kappa shape index (κ2) is 4.17. The summed E-state index contributed by atoms with van der Waals surface area (Å²) in [6.07, 6.45) is 2.78. The Bertz CT molecular complexity index is 633. The first-order valence-electron chi connectivity index (χ1n) is 4.90. The van der Waals surface area contributed by atoms with Crippen molar-refractivity contribution in [2.24, 2.45) is 11.5 Å². The summed E-state index contributed by atoms with van der Waals surface area (Å²) in [4.78, 5) is 26.0. The summed E-state index contributed by atoms with van der Waals surface area (Å²) in [5.74, 6) is -1.01. The Hall–Kier alpha value is -2.90. The first-order chi connectivity index (χ1) is 8.49. The number of anilines is 1. The van der Waals surface area contributed by atoms with Crippen LogP contribution in [-0.4, -0.2) is 26.6 Å². The van der Waals surface area contributed by atoms with Gasteiger partial charge in [-0.25, -0.2) is 9.67 Å². The van der Waals surface area contributed by atoms with Gasteiger partial charge in [-0.15, -0.1) is 0 Å². The molecule has 0 aliphatic heterocycles. The lowest BCUT2D eigenvalue weighted by molar-refractivity contribution is 0.0988. The molecule has 0 saturated carbocycles. The Balaban J connectivity index is 2.47. The van der Waals surface area contributed by atoms with Crippen molar-refractivity contribution in [3.63, 3.8) is 0 Å². The molecule has 0 fully saturated rings. The molecule has 18 heavy (non-hydrogen) atoms. The molecular formula is C10H10N6O2. The molecule has 92 valence electrons. The predicted molar refractivity (Wildman–Crippen MR) is 62.8 cm³/mol. The summed E-state index contributed by atoms with van der Waals surface area (Å²) in [6, 6.07) is 2.82. The molecule has 6 N–H and O–H groups in total. The zero-order valence-corrected chi connectivity index (χ0v) is 9.20. The lowest BCUT2D eigenvalue weighted by atomic mass is 10.2. The van der Waals surface area contributed by atoms with Gasteiger partial charge in [0.25, 0.3) is 11.8 Å². The fraction of sp³-hybridized carbons (Fsp3) is 0. The highest BCUT2D eigenvalue weighted by molar-refractivity contribution is 5.98. The van der Waals surface area contributed by atoms with Crippen molar-refractivity contribution in [3.8, 4) is 5.82 Å². The number of hydrogen-bond acceptors (Lipinski definition) is 5. The molecule has 0 unspecified atom stereocenters. The van der Waals surface area contributed by atoms with Gasteiger partial charge in [0.15, 0.2) is 5.82 Å². The van der Waals surface area contributed by atoms with E-state index in [0.29, 0.717) is 5.82 Å². The van der Waals surface area contributed by atoms with Crippen LogP contribution in [0.15, 0.2) is 24.5 Å². The van der Waals surface area contributed by atoms with Crippen molar-refractivity contribution in [3.05, 3.63) is 35.8 Å². The first kappa shape index (κ1) is 11.6. The molecule has 2 aromatic heterocycles. The summed E-state index contributed by atoms with van der Waals surface area (Å²) < 4.78 is 1.30. The summed E-state index contributed by atoms with van der Waals surface area (Å²) in [7, 11) is 0. The van der Waals surface area contributed by atoms with E-state index in [4.69, 9.17) is 17.2 Å². The van der Waals surface area contributed by atoms with Crippen LogP contribution in [0, 0.1) is 0 Å². The highest BCUT2D eigenvalue weighted by atomic mass is 16.1. The van der Waals surface area contributed by atoms with Gasteiger partial charge in [-0.2, -0.15) is 5.10 Å². The van der Waals surface area contributed by atoms with Gasteiger partial charge in [0, 0.05) is 6.20 Å².